The number of rotatable bonds is 5. The van der Waals surface area contributed by atoms with Gasteiger partial charge >= 0.3 is 0 Å². The number of hydrogen-bond acceptors (Lipinski definition) is 4. The maximum absolute atomic E-state index is 10.1. The number of nitrogens with one attached hydrogen (secondary N) is 1. The Labute approximate surface area is 176 Å². The summed E-state index contributed by atoms with van der Waals surface area (Å²) in [6.07, 6.45) is 0.944. The van der Waals surface area contributed by atoms with Gasteiger partial charge in [0, 0.05) is 23.3 Å². The number of hydrogen-bond donors (Lipinski definition) is 1. The molecule has 4 rings (SSSR count). The number of thioether (sulfide) groups is 1. The van der Waals surface area contributed by atoms with E-state index in [1.54, 1.807) is 18.9 Å². The van der Waals surface area contributed by atoms with Gasteiger partial charge in [-0.2, -0.15) is 5.26 Å². The highest BCUT2D eigenvalue weighted by Crippen LogP contribution is 2.36. The number of pyridine rings is 1. The molecular formula is C24H24N3OS+. The predicted molar refractivity (Wildman–Crippen MR) is 116 cm³/mol. The second-order valence-corrected chi connectivity index (χ2v) is 8.31. The molecule has 0 radical (unpaired) electrons. The molecular weight excluding hydrogens is 378 g/mol. The zero-order chi connectivity index (χ0) is 20.2. The van der Waals surface area contributed by atoms with Gasteiger partial charge in [0.25, 0.3) is 0 Å². The summed E-state index contributed by atoms with van der Waals surface area (Å²) in [6, 6.07) is 20.8. The molecule has 5 heteroatoms. The van der Waals surface area contributed by atoms with Crippen molar-refractivity contribution in [2.24, 2.45) is 0 Å². The van der Waals surface area contributed by atoms with Crippen molar-refractivity contribution >= 4 is 11.8 Å². The van der Waals surface area contributed by atoms with Gasteiger partial charge in [0.1, 0.15) is 23.4 Å². The molecule has 1 aliphatic rings. The first kappa shape index (κ1) is 19.5. The molecule has 0 bridgehead atoms. The molecule has 29 heavy (non-hydrogen) atoms. The number of nitrogens with zero attached hydrogens (tertiary/aromatic N) is 2. The Morgan fingerprint density at radius 1 is 1.17 bits per heavy atom. The van der Waals surface area contributed by atoms with Gasteiger partial charge < -0.3 is 9.64 Å². The van der Waals surface area contributed by atoms with Crippen LogP contribution in [0.25, 0.3) is 11.1 Å². The Balaban J connectivity index is 1.77. The zero-order valence-electron chi connectivity index (χ0n) is 16.7. The van der Waals surface area contributed by atoms with Crippen molar-refractivity contribution in [3.8, 4) is 22.9 Å². The number of fused-ring (bicyclic) bond motifs is 1. The molecule has 3 aromatic rings. The highest BCUT2D eigenvalue weighted by molar-refractivity contribution is 7.98. The van der Waals surface area contributed by atoms with E-state index < -0.39 is 0 Å². The number of nitriles is 1. The number of aromatic nitrogens is 1. The predicted octanol–water partition coefficient (Wildman–Crippen LogP) is 3.49. The second kappa shape index (κ2) is 8.69. The molecule has 1 atom stereocenters. The lowest BCUT2D eigenvalue weighted by molar-refractivity contribution is -0.895. The summed E-state index contributed by atoms with van der Waals surface area (Å²) in [5.41, 5.74) is 6.37. The topological polar surface area (TPSA) is 50.3 Å². The average molecular weight is 403 g/mol. The third-order valence-electron chi connectivity index (χ3n) is 5.30. The molecule has 0 aliphatic carbocycles. The van der Waals surface area contributed by atoms with E-state index in [9.17, 15) is 5.26 Å². The maximum atomic E-state index is 10.1. The fraction of sp³-hybridized carbons (Fsp3) is 0.250. The van der Waals surface area contributed by atoms with Crippen LogP contribution >= 0.6 is 11.8 Å². The van der Waals surface area contributed by atoms with Crippen molar-refractivity contribution in [1.29, 1.82) is 5.26 Å². The smallest absolute Gasteiger partial charge is 0.119 e. The maximum Gasteiger partial charge on any atom is 0.119 e. The molecule has 4 nitrogen and oxygen atoms in total. The van der Waals surface area contributed by atoms with Gasteiger partial charge in [-0.25, -0.2) is 4.98 Å². The van der Waals surface area contributed by atoms with Crippen LogP contribution in [0.1, 0.15) is 22.4 Å². The van der Waals surface area contributed by atoms with Crippen molar-refractivity contribution in [2.45, 2.75) is 23.7 Å². The first-order valence-corrected chi connectivity index (χ1v) is 10.8. The number of quaternary nitrogens is 1. The minimum atomic E-state index is 0.692. The Morgan fingerprint density at radius 3 is 2.76 bits per heavy atom. The van der Waals surface area contributed by atoms with E-state index in [4.69, 9.17) is 9.72 Å². The van der Waals surface area contributed by atoms with Crippen molar-refractivity contribution in [1.82, 2.24) is 4.98 Å². The second-order valence-electron chi connectivity index (χ2n) is 7.34. The van der Waals surface area contributed by atoms with Gasteiger partial charge in [0.2, 0.25) is 0 Å². The zero-order valence-corrected chi connectivity index (χ0v) is 17.6. The summed E-state index contributed by atoms with van der Waals surface area (Å²) in [5, 5.41) is 10.9. The standard InChI is InChI=1S/C24H23N3OS/c1-27-12-11-22-21(15-27)23(18-8-4-3-5-9-18)20(14-25)24(26-22)29-16-17-7-6-10-19(13-17)28-2/h3-10,13H,11-12,15-16H2,1-2H3/p+1. The van der Waals surface area contributed by atoms with Crippen molar-refractivity contribution in [2.75, 3.05) is 20.7 Å². The molecule has 0 fully saturated rings. The Bertz CT molecular complexity index is 1060. The van der Waals surface area contributed by atoms with Crippen LogP contribution in [0.4, 0.5) is 0 Å². The van der Waals surface area contributed by atoms with E-state index in [-0.39, 0.29) is 0 Å². The number of benzene rings is 2. The van der Waals surface area contributed by atoms with E-state index in [2.05, 4.69) is 31.3 Å². The number of ether oxygens (including phenoxy) is 1. The van der Waals surface area contributed by atoms with E-state index >= 15 is 0 Å². The largest absolute Gasteiger partial charge is 0.497 e. The highest BCUT2D eigenvalue weighted by atomic mass is 32.2. The van der Waals surface area contributed by atoms with E-state index in [0.29, 0.717) is 5.56 Å². The molecule has 0 saturated carbocycles. The van der Waals surface area contributed by atoms with Crippen LogP contribution in [0.2, 0.25) is 0 Å². The average Bonchev–Trinajstić information content (AvgIpc) is 2.77. The minimum absolute atomic E-state index is 0.692. The van der Waals surface area contributed by atoms with E-state index in [0.717, 1.165) is 58.4 Å². The summed E-state index contributed by atoms with van der Waals surface area (Å²) < 4.78 is 5.33. The van der Waals surface area contributed by atoms with Crippen molar-refractivity contribution in [3.05, 3.63) is 77.0 Å². The van der Waals surface area contributed by atoms with Crippen LogP contribution in [0.5, 0.6) is 5.75 Å². The van der Waals surface area contributed by atoms with Gasteiger partial charge in [0.15, 0.2) is 0 Å². The van der Waals surface area contributed by atoms with Crippen LogP contribution in [0.15, 0.2) is 59.6 Å². The minimum Gasteiger partial charge on any atom is -0.497 e. The normalized spacial score (nSPS) is 15.4. The van der Waals surface area contributed by atoms with Gasteiger partial charge in [-0.3, -0.25) is 0 Å². The van der Waals surface area contributed by atoms with Gasteiger partial charge in [-0.05, 0) is 23.3 Å². The summed E-state index contributed by atoms with van der Waals surface area (Å²) in [5.74, 6) is 1.59. The van der Waals surface area contributed by atoms with Gasteiger partial charge in [-0.15, -0.1) is 11.8 Å². The highest BCUT2D eigenvalue weighted by Gasteiger charge is 2.26. The van der Waals surface area contributed by atoms with Crippen LogP contribution in [0, 0.1) is 11.3 Å². The molecule has 1 N–H and O–H groups in total. The molecule has 146 valence electrons. The lowest BCUT2D eigenvalue weighted by Gasteiger charge is -2.25. The number of likely N-dealkylation sites (N-methyl/N-ethyl adjacent to an activating group) is 1. The quantitative estimate of drug-likeness (QED) is 0.664. The summed E-state index contributed by atoms with van der Waals surface area (Å²) in [4.78, 5) is 6.41. The number of methoxy groups -OCH3 is 1. The molecule has 1 aromatic heterocycles. The first-order chi connectivity index (χ1) is 14.2. The Hall–Kier alpha value is -2.81. The third-order valence-corrected chi connectivity index (χ3v) is 6.35. The van der Waals surface area contributed by atoms with Crippen molar-refractivity contribution < 1.29 is 9.64 Å². The molecule has 1 unspecified atom stereocenters. The van der Waals surface area contributed by atoms with E-state index in [1.165, 1.54) is 10.5 Å². The SMILES string of the molecule is COc1cccc(CSc2nc3c(c(-c4ccccc4)c2C#N)C[NH+](C)CC3)c1. The molecule has 1 aliphatic heterocycles. The Kier molecular flexibility index (Phi) is 5.84. The van der Waals surface area contributed by atoms with Crippen molar-refractivity contribution in [3.63, 3.8) is 0 Å². The molecule has 2 heterocycles. The van der Waals surface area contributed by atoms with Crippen LogP contribution < -0.4 is 9.64 Å². The van der Waals surface area contributed by atoms with Crippen LogP contribution in [0.3, 0.4) is 0 Å². The molecule has 0 amide bonds. The lowest BCUT2D eigenvalue weighted by atomic mass is 9.92. The van der Waals surface area contributed by atoms with E-state index in [1.807, 2.05) is 36.4 Å². The molecule has 2 aromatic carbocycles. The summed E-state index contributed by atoms with van der Waals surface area (Å²) in [7, 11) is 3.88. The lowest BCUT2D eigenvalue weighted by Crippen LogP contribution is -3.08. The molecule has 0 spiro atoms. The fourth-order valence-corrected chi connectivity index (χ4v) is 4.76. The molecule has 0 saturated heterocycles. The van der Waals surface area contributed by atoms with Crippen LogP contribution in [-0.2, 0) is 18.7 Å². The fourth-order valence-electron chi connectivity index (χ4n) is 3.81. The third kappa shape index (κ3) is 4.14. The van der Waals surface area contributed by atoms with Gasteiger partial charge in [-0.1, -0.05) is 42.5 Å². The van der Waals surface area contributed by atoms with Crippen LogP contribution in [-0.4, -0.2) is 25.7 Å². The summed E-state index contributed by atoms with van der Waals surface area (Å²) in [6.45, 7) is 1.97. The monoisotopic (exact) mass is 402 g/mol. The summed E-state index contributed by atoms with van der Waals surface area (Å²) >= 11 is 1.63. The van der Waals surface area contributed by atoms with Gasteiger partial charge in [0.05, 0.1) is 32.0 Å². The first-order valence-electron chi connectivity index (χ1n) is 9.78. The Morgan fingerprint density at radius 2 is 2.00 bits per heavy atom.